The van der Waals surface area contributed by atoms with Crippen molar-refractivity contribution in [2.75, 3.05) is 13.1 Å². The zero-order valence-corrected chi connectivity index (χ0v) is 12.2. The highest BCUT2D eigenvalue weighted by molar-refractivity contribution is 6.29. The number of hydrogen-bond donors (Lipinski definition) is 1. The number of aromatic nitrogens is 1. The van der Waals surface area contributed by atoms with E-state index in [0.29, 0.717) is 23.8 Å². The minimum Gasteiger partial charge on any atom is -0.386 e. The highest BCUT2D eigenvalue weighted by Gasteiger charge is 2.45. The Labute approximate surface area is 118 Å². The van der Waals surface area contributed by atoms with Crippen LogP contribution in [0.5, 0.6) is 0 Å². The summed E-state index contributed by atoms with van der Waals surface area (Å²) in [6, 6.07) is 3.34. The van der Waals surface area contributed by atoms with Crippen LogP contribution in [0.4, 0.5) is 0 Å². The van der Waals surface area contributed by atoms with Crippen LogP contribution < -0.4 is 0 Å². The number of likely N-dealkylation sites (tertiary alicyclic amines) is 1. The predicted octanol–water partition coefficient (Wildman–Crippen LogP) is 2.14. The highest BCUT2D eigenvalue weighted by atomic mass is 35.5. The van der Waals surface area contributed by atoms with Crippen LogP contribution in [0.25, 0.3) is 0 Å². The van der Waals surface area contributed by atoms with Crippen molar-refractivity contribution in [2.45, 2.75) is 32.8 Å². The molecule has 0 aliphatic carbocycles. The van der Waals surface area contributed by atoms with Crippen molar-refractivity contribution < 1.29 is 9.90 Å². The molecule has 1 aliphatic heterocycles. The molecule has 1 fully saturated rings. The van der Waals surface area contributed by atoms with Gasteiger partial charge >= 0.3 is 0 Å². The molecule has 0 spiro atoms. The average molecular weight is 283 g/mol. The van der Waals surface area contributed by atoms with Gasteiger partial charge in [-0.05, 0) is 24.5 Å². The smallest absolute Gasteiger partial charge is 0.254 e. The summed E-state index contributed by atoms with van der Waals surface area (Å²) in [7, 11) is 0. The molecule has 1 N–H and O–H groups in total. The monoisotopic (exact) mass is 282 g/mol. The lowest BCUT2D eigenvalue weighted by Gasteiger charge is -2.49. The van der Waals surface area contributed by atoms with Crippen molar-refractivity contribution in [1.82, 2.24) is 9.88 Å². The lowest BCUT2D eigenvalue weighted by atomic mass is 9.82. The van der Waals surface area contributed by atoms with E-state index in [1.165, 1.54) is 0 Å². The van der Waals surface area contributed by atoms with Crippen molar-refractivity contribution in [3.8, 4) is 0 Å². The molecule has 1 aromatic heterocycles. The third-order valence-corrected chi connectivity index (χ3v) is 3.94. The summed E-state index contributed by atoms with van der Waals surface area (Å²) in [5.74, 6) is 0.0492. The first kappa shape index (κ1) is 14.3. The Morgan fingerprint density at radius 3 is 2.68 bits per heavy atom. The van der Waals surface area contributed by atoms with Crippen LogP contribution in [0, 0.1) is 5.92 Å². The van der Waals surface area contributed by atoms with E-state index >= 15 is 0 Å². The van der Waals surface area contributed by atoms with Gasteiger partial charge in [-0.1, -0.05) is 32.4 Å². The molecule has 0 saturated carbocycles. The van der Waals surface area contributed by atoms with Crippen molar-refractivity contribution in [3.05, 3.63) is 28.5 Å². The first-order chi connectivity index (χ1) is 8.85. The number of halogens is 1. The Bertz CT molecular complexity index is 496. The number of β-amino-alcohol motifs (C(OH)–C–C–N with tert-alkyl or cyclic N) is 1. The van der Waals surface area contributed by atoms with Crippen LogP contribution in [0.2, 0.25) is 5.15 Å². The number of aryl methyl sites for hydroxylation is 1. The minimum atomic E-state index is -0.750. The van der Waals surface area contributed by atoms with Crippen LogP contribution in [0.1, 0.15) is 36.8 Å². The second kappa shape index (κ2) is 5.10. The summed E-state index contributed by atoms with van der Waals surface area (Å²) >= 11 is 5.91. The van der Waals surface area contributed by atoms with Crippen LogP contribution >= 0.6 is 11.6 Å². The van der Waals surface area contributed by atoms with Crippen molar-refractivity contribution in [3.63, 3.8) is 0 Å². The number of hydrogen-bond acceptors (Lipinski definition) is 3. The van der Waals surface area contributed by atoms with Gasteiger partial charge in [0.15, 0.2) is 0 Å². The second-order valence-corrected chi connectivity index (χ2v) is 5.83. The molecule has 2 heterocycles. The first-order valence-electron chi connectivity index (χ1n) is 6.54. The predicted molar refractivity (Wildman–Crippen MR) is 74.3 cm³/mol. The topological polar surface area (TPSA) is 53.4 Å². The van der Waals surface area contributed by atoms with E-state index < -0.39 is 5.60 Å². The second-order valence-electron chi connectivity index (χ2n) is 5.44. The molecule has 0 bridgehead atoms. The van der Waals surface area contributed by atoms with Gasteiger partial charge in [0.1, 0.15) is 10.8 Å². The maximum absolute atomic E-state index is 12.3. The van der Waals surface area contributed by atoms with E-state index in [9.17, 15) is 9.90 Å². The van der Waals surface area contributed by atoms with Crippen LogP contribution in [0.3, 0.4) is 0 Å². The average Bonchev–Trinajstić information content (AvgIpc) is 2.32. The van der Waals surface area contributed by atoms with Gasteiger partial charge in [0.2, 0.25) is 0 Å². The molecule has 104 valence electrons. The van der Waals surface area contributed by atoms with Crippen molar-refractivity contribution >= 4 is 17.5 Å². The first-order valence-corrected chi connectivity index (χ1v) is 6.91. The van der Waals surface area contributed by atoms with Gasteiger partial charge in [0.25, 0.3) is 5.91 Å². The quantitative estimate of drug-likeness (QED) is 0.864. The molecule has 4 nitrogen and oxygen atoms in total. The lowest BCUT2D eigenvalue weighted by molar-refractivity contribution is -0.110. The van der Waals surface area contributed by atoms with E-state index in [-0.39, 0.29) is 11.8 Å². The standard InChI is InChI=1S/C14H19ClN2O2/c1-4-11-5-10(6-12(15)16-11)13(18)17-7-14(19,8-17)9(2)3/h5-6,9,19H,4,7-8H2,1-3H3. The number of amides is 1. The maximum Gasteiger partial charge on any atom is 0.254 e. The molecule has 1 aromatic rings. The number of aliphatic hydroxyl groups is 1. The summed E-state index contributed by atoms with van der Waals surface area (Å²) < 4.78 is 0. The van der Waals surface area contributed by atoms with E-state index in [0.717, 1.165) is 12.1 Å². The number of carbonyl (C=O) groups excluding carboxylic acids is 1. The molecular weight excluding hydrogens is 264 g/mol. The normalized spacial score (nSPS) is 17.5. The van der Waals surface area contributed by atoms with Gasteiger partial charge < -0.3 is 10.0 Å². The van der Waals surface area contributed by atoms with Crippen LogP contribution in [0.15, 0.2) is 12.1 Å². The Kier molecular flexibility index (Phi) is 3.83. The molecule has 2 rings (SSSR count). The fourth-order valence-electron chi connectivity index (χ4n) is 2.16. The van der Waals surface area contributed by atoms with Gasteiger partial charge in [0.05, 0.1) is 13.1 Å². The largest absolute Gasteiger partial charge is 0.386 e. The lowest BCUT2D eigenvalue weighted by Crippen LogP contribution is -2.65. The number of nitrogens with zero attached hydrogens (tertiary/aromatic N) is 2. The Morgan fingerprint density at radius 1 is 1.53 bits per heavy atom. The molecule has 5 heteroatoms. The Hall–Kier alpha value is -1.13. The highest BCUT2D eigenvalue weighted by Crippen LogP contribution is 2.30. The van der Waals surface area contributed by atoms with E-state index in [1.54, 1.807) is 17.0 Å². The van der Waals surface area contributed by atoms with E-state index in [2.05, 4.69) is 4.98 Å². The molecule has 0 aromatic carbocycles. The van der Waals surface area contributed by atoms with Crippen molar-refractivity contribution in [1.29, 1.82) is 0 Å². The molecule has 1 amide bonds. The molecule has 0 unspecified atom stereocenters. The molecule has 0 radical (unpaired) electrons. The number of carbonyl (C=O) groups is 1. The zero-order chi connectivity index (χ0) is 14.2. The summed E-state index contributed by atoms with van der Waals surface area (Å²) in [5, 5.41) is 10.5. The Balaban J connectivity index is 2.12. The summed E-state index contributed by atoms with van der Waals surface area (Å²) in [5.41, 5.74) is 0.596. The fourth-order valence-corrected chi connectivity index (χ4v) is 2.39. The molecule has 1 aliphatic rings. The Morgan fingerprint density at radius 2 is 2.16 bits per heavy atom. The SMILES string of the molecule is CCc1cc(C(=O)N2CC(O)(C(C)C)C2)cc(Cl)n1. The van der Waals surface area contributed by atoms with Gasteiger partial charge in [0, 0.05) is 11.3 Å². The third kappa shape index (κ3) is 2.74. The summed E-state index contributed by atoms with van der Waals surface area (Å²) in [6.45, 7) is 6.64. The molecule has 19 heavy (non-hydrogen) atoms. The van der Waals surface area contributed by atoms with Crippen LogP contribution in [-0.4, -0.2) is 39.6 Å². The third-order valence-electron chi connectivity index (χ3n) is 3.75. The van der Waals surface area contributed by atoms with Crippen molar-refractivity contribution in [2.24, 2.45) is 5.92 Å². The summed E-state index contributed by atoms with van der Waals surface area (Å²) in [6.07, 6.45) is 0.733. The maximum atomic E-state index is 12.3. The summed E-state index contributed by atoms with van der Waals surface area (Å²) in [4.78, 5) is 18.1. The number of pyridine rings is 1. The zero-order valence-electron chi connectivity index (χ0n) is 11.5. The molecule has 0 atom stereocenters. The number of rotatable bonds is 3. The van der Waals surface area contributed by atoms with E-state index in [1.807, 2.05) is 20.8 Å². The fraction of sp³-hybridized carbons (Fsp3) is 0.571. The van der Waals surface area contributed by atoms with Gasteiger partial charge in [-0.15, -0.1) is 0 Å². The van der Waals surface area contributed by atoms with Crippen LogP contribution in [-0.2, 0) is 6.42 Å². The molecule has 1 saturated heterocycles. The van der Waals surface area contributed by atoms with E-state index in [4.69, 9.17) is 11.6 Å². The molecular formula is C14H19ClN2O2. The van der Waals surface area contributed by atoms with Gasteiger partial charge in [-0.25, -0.2) is 4.98 Å². The van der Waals surface area contributed by atoms with Gasteiger partial charge in [-0.3, -0.25) is 4.79 Å². The van der Waals surface area contributed by atoms with Gasteiger partial charge in [-0.2, -0.15) is 0 Å². The minimum absolute atomic E-state index is 0.0932.